The van der Waals surface area contributed by atoms with Crippen LogP contribution < -0.4 is 6.15 Å². The zero-order valence-corrected chi connectivity index (χ0v) is 15.0. The lowest BCUT2D eigenvalue weighted by Gasteiger charge is -1.97. The van der Waals surface area contributed by atoms with Crippen LogP contribution in [0.25, 0.3) is 6.08 Å². The first kappa shape index (κ1) is 22.7. The first-order valence-electron chi connectivity index (χ1n) is 7.96. The molecular weight excluding hydrogens is 322 g/mol. The highest BCUT2D eigenvalue weighted by Crippen LogP contribution is 2.15. The lowest BCUT2D eigenvalue weighted by molar-refractivity contribution is 0.469. The molecular formula is C23H27NO2. The molecule has 0 unspecified atom stereocenters. The molecule has 0 saturated carbocycles. The summed E-state index contributed by atoms with van der Waals surface area (Å²) < 4.78 is 0. The van der Waals surface area contributed by atoms with Crippen molar-refractivity contribution in [2.24, 2.45) is 0 Å². The van der Waals surface area contributed by atoms with Crippen molar-refractivity contribution >= 4 is 6.08 Å². The van der Waals surface area contributed by atoms with E-state index in [1.54, 1.807) is 36.4 Å². The number of hydrogen-bond acceptors (Lipinski definition) is 3. The summed E-state index contributed by atoms with van der Waals surface area (Å²) in [5.41, 5.74) is 2.10. The van der Waals surface area contributed by atoms with Crippen LogP contribution >= 0.6 is 0 Å². The van der Waals surface area contributed by atoms with Crippen molar-refractivity contribution in [1.82, 2.24) is 6.15 Å². The van der Waals surface area contributed by atoms with Gasteiger partial charge in [-0.2, -0.15) is 0 Å². The van der Waals surface area contributed by atoms with Crippen molar-refractivity contribution in [2.45, 2.75) is 6.42 Å². The van der Waals surface area contributed by atoms with Gasteiger partial charge in [0.25, 0.3) is 0 Å². The van der Waals surface area contributed by atoms with Gasteiger partial charge < -0.3 is 16.4 Å². The second-order valence-electron chi connectivity index (χ2n) is 5.07. The molecule has 3 nitrogen and oxygen atoms in total. The molecule has 0 bridgehead atoms. The third-order valence-electron chi connectivity index (χ3n) is 3.15. The highest BCUT2D eigenvalue weighted by atomic mass is 16.3. The van der Waals surface area contributed by atoms with Gasteiger partial charge in [-0.1, -0.05) is 85.5 Å². The molecule has 0 saturated heterocycles. The fourth-order valence-corrected chi connectivity index (χ4v) is 1.86. The van der Waals surface area contributed by atoms with E-state index in [2.05, 4.69) is 13.2 Å². The number of allylic oxidation sites excluding steroid dienone is 1. The Balaban J connectivity index is 0.000000359. The Kier molecular flexibility index (Phi) is 12.3. The minimum absolute atomic E-state index is 0. The van der Waals surface area contributed by atoms with Gasteiger partial charge in [0.05, 0.1) is 0 Å². The van der Waals surface area contributed by atoms with Crippen LogP contribution in [0.3, 0.4) is 0 Å². The minimum atomic E-state index is 0. The lowest BCUT2D eigenvalue weighted by atomic mass is 10.1. The minimum Gasteiger partial charge on any atom is -0.508 e. The van der Waals surface area contributed by atoms with Gasteiger partial charge in [-0.05, 0) is 35.7 Å². The van der Waals surface area contributed by atoms with Gasteiger partial charge in [-0.25, -0.2) is 0 Å². The third-order valence-corrected chi connectivity index (χ3v) is 3.15. The van der Waals surface area contributed by atoms with Gasteiger partial charge >= 0.3 is 0 Å². The number of para-hydroxylation sites is 2. The van der Waals surface area contributed by atoms with Crippen LogP contribution in [0.5, 0.6) is 11.5 Å². The van der Waals surface area contributed by atoms with Crippen LogP contribution in [-0.2, 0) is 6.42 Å². The van der Waals surface area contributed by atoms with Crippen molar-refractivity contribution < 1.29 is 10.2 Å². The Bertz CT molecular complexity index is 740. The summed E-state index contributed by atoms with van der Waals surface area (Å²) in [5.74, 6) is 0.671. The molecule has 3 aromatic rings. The van der Waals surface area contributed by atoms with Crippen LogP contribution in [0.15, 0.2) is 104 Å². The van der Waals surface area contributed by atoms with Gasteiger partial charge in [0.1, 0.15) is 11.5 Å². The van der Waals surface area contributed by atoms with E-state index in [-0.39, 0.29) is 6.15 Å². The molecule has 0 spiro atoms. The summed E-state index contributed by atoms with van der Waals surface area (Å²) in [6.45, 7) is 7.22. The topological polar surface area (TPSA) is 75.5 Å². The van der Waals surface area contributed by atoms with E-state index in [0.29, 0.717) is 11.5 Å². The van der Waals surface area contributed by atoms with E-state index in [0.717, 1.165) is 12.0 Å². The molecule has 0 radical (unpaired) electrons. The molecule has 3 rings (SSSR count). The molecule has 0 atom stereocenters. The van der Waals surface area contributed by atoms with E-state index < -0.39 is 0 Å². The van der Waals surface area contributed by atoms with Crippen LogP contribution in [-0.4, -0.2) is 10.2 Å². The highest BCUT2D eigenvalue weighted by molar-refractivity contribution is 5.45. The van der Waals surface area contributed by atoms with Crippen LogP contribution in [0.1, 0.15) is 11.1 Å². The monoisotopic (exact) mass is 349 g/mol. The molecule has 0 amide bonds. The molecule has 0 aliphatic carbocycles. The van der Waals surface area contributed by atoms with Gasteiger partial charge in [0.15, 0.2) is 0 Å². The zero-order valence-electron chi connectivity index (χ0n) is 15.0. The van der Waals surface area contributed by atoms with Gasteiger partial charge in [-0.15, -0.1) is 6.58 Å². The van der Waals surface area contributed by atoms with Crippen molar-refractivity contribution in [3.63, 3.8) is 0 Å². The summed E-state index contributed by atoms with van der Waals surface area (Å²) >= 11 is 0. The largest absolute Gasteiger partial charge is 0.508 e. The number of phenols is 2. The van der Waals surface area contributed by atoms with E-state index >= 15 is 0 Å². The first-order valence-corrected chi connectivity index (χ1v) is 7.96. The Hall–Kier alpha value is -3.30. The van der Waals surface area contributed by atoms with E-state index in [1.807, 2.05) is 60.7 Å². The normalized spacial score (nSPS) is 8.46. The molecule has 26 heavy (non-hydrogen) atoms. The van der Waals surface area contributed by atoms with Gasteiger partial charge in [0, 0.05) is 0 Å². The molecule has 0 aliphatic heterocycles. The smallest absolute Gasteiger partial charge is 0.119 e. The highest BCUT2D eigenvalue weighted by Gasteiger charge is 1.93. The van der Waals surface area contributed by atoms with Gasteiger partial charge in [0.2, 0.25) is 0 Å². The standard InChI is InChI=1S/C9H10O.C8H8.C6H6O.H3N/c1-2-5-8-6-3-4-7-9(8)10;1-2-8-6-4-3-5-7-8;7-6-4-2-1-3-5-6;/h2-4,6-7,10H,1,5H2;2-7H,1H2;1-5,7H;1H3. The quantitative estimate of drug-likeness (QED) is 0.507. The summed E-state index contributed by atoms with van der Waals surface area (Å²) in [7, 11) is 0. The molecule has 3 aromatic carbocycles. The van der Waals surface area contributed by atoms with Crippen molar-refractivity contribution in [3.8, 4) is 11.5 Å². The zero-order chi connectivity index (χ0) is 18.3. The molecule has 136 valence electrons. The molecule has 0 aromatic heterocycles. The number of aromatic hydroxyl groups is 2. The van der Waals surface area contributed by atoms with Crippen molar-refractivity contribution in [2.75, 3.05) is 0 Å². The second kappa shape index (κ2) is 14.1. The lowest BCUT2D eigenvalue weighted by Crippen LogP contribution is -1.79. The molecule has 5 N–H and O–H groups in total. The number of phenolic OH excluding ortho intramolecular Hbond substituents is 2. The number of rotatable bonds is 3. The maximum atomic E-state index is 9.19. The Labute approximate surface area is 156 Å². The van der Waals surface area contributed by atoms with Crippen LogP contribution in [0, 0.1) is 0 Å². The summed E-state index contributed by atoms with van der Waals surface area (Å²) in [5, 5.41) is 17.8. The molecule has 0 aliphatic rings. The third kappa shape index (κ3) is 9.75. The Morgan fingerprint density at radius 3 is 1.58 bits per heavy atom. The van der Waals surface area contributed by atoms with Crippen LogP contribution in [0.2, 0.25) is 0 Å². The van der Waals surface area contributed by atoms with E-state index in [4.69, 9.17) is 5.11 Å². The molecule has 0 fully saturated rings. The average Bonchev–Trinajstić information content (AvgIpc) is 2.66. The van der Waals surface area contributed by atoms with Crippen LogP contribution in [0.4, 0.5) is 0 Å². The SMILES string of the molecule is C=CCc1ccccc1O.C=Cc1ccccc1.N.Oc1ccccc1. The summed E-state index contributed by atoms with van der Waals surface area (Å²) in [6, 6.07) is 26.0. The molecule has 3 heteroatoms. The van der Waals surface area contributed by atoms with Crippen molar-refractivity contribution in [1.29, 1.82) is 0 Å². The van der Waals surface area contributed by atoms with Gasteiger partial charge in [-0.3, -0.25) is 0 Å². The van der Waals surface area contributed by atoms with E-state index in [1.165, 1.54) is 5.56 Å². The predicted octanol–water partition coefficient (Wildman–Crippen LogP) is 6.00. The first-order chi connectivity index (χ1) is 12.2. The Morgan fingerprint density at radius 1 is 0.692 bits per heavy atom. The number of benzene rings is 3. The summed E-state index contributed by atoms with van der Waals surface area (Å²) in [6.07, 6.45) is 4.34. The number of hydrogen-bond donors (Lipinski definition) is 3. The van der Waals surface area contributed by atoms with Crippen molar-refractivity contribution in [3.05, 3.63) is 115 Å². The van der Waals surface area contributed by atoms with E-state index in [9.17, 15) is 5.11 Å². The fraction of sp³-hybridized carbons (Fsp3) is 0.0435. The summed E-state index contributed by atoms with van der Waals surface area (Å²) in [4.78, 5) is 0. The molecule has 0 heterocycles. The maximum Gasteiger partial charge on any atom is 0.119 e. The fourth-order valence-electron chi connectivity index (χ4n) is 1.86. The average molecular weight is 349 g/mol. The predicted molar refractivity (Wildman–Crippen MR) is 112 cm³/mol. The Morgan fingerprint density at radius 2 is 1.19 bits per heavy atom. The maximum absolute atomic E-state index is 9.19. The second-order valence-corrected chi connectivity index (χ2v) is 5.07.